The lowest BCUT2D eigenvalue weighted by atomic mass is 10.2. The molecule has 1 fully saturated rings. The van der Waals surface area contributed by atoms with Gasteiger partial charge in [-0.15, -0.1) is 0 Å². The monoisotopic (exact) mass is 291 g/mol. The summed E-state index contributed by atoms with van der Waals surface area (Å²) in [5.74, 6) is 0.417. The van der Waals surface area contributed by atoms with Crippen molar-refractivity contribution in [2.75, 3.05) is 24.6 Å². The van der Waals surface area contributed by atoms with Gasteiger partial charge in [-0.2, -0.15) is 0 Å². The van der Waals surface area contributed by atoms with E-state index in [2.05, 4.69) is 10.6 Å². The van der Waals surface area contributed by atoms with Gasteiger partial charge < -0.3 is 15.4 Å². The molecule has 1 aliphatic heterocycles. The van der Waals surface area contributed by atoms with Crippen molar-refractivity contribution in [1.29, 1.82) is 0 Å². The van der Waals surface area contributed by atoms with Crippen LogP contribution in [-0.2, 0) is 11.3 Å². The molecule has 114 valence electrons. The quantitative estimate of drug-likeness (QED) is 0.872. The van der Waals surface area contributed by atoms with Crippen molar-refractivity contribution < 1.29 is 14.3 Å². The summed E-state index contributed by atoms with van der Waals surface area (Å²) in [5, 5.41) is 5.59. The largest absolute Gasteiger partial charge is 0.447 e. The number of cyclic esters (lactones) is 1. The van der Waals surface area contributed by atoms with Crippen molar-refractivity contribution >= 4 is 17.8 Å². The average Bonchev–Trinajstić information content (AvgIpc) is 2.89. The van der Waals surface area contributed by atoms with Gasteiger partial charge in [0, 0.05) is 18.8 Å². The van der Waals surface area contributed by atoms with Crippen LogP contribution in [0.2, 0.25) is 0 Å². The normalized spacial score (nSPS) is 14.2. The number of carbonyl (C=O) groups is 2. The third kappa shape index (κ3) is 4.37. The third-order valence-electron chi connectivity index (χ3n) is 3.11. The predicted molar refractivity (Wildman–Crippen MR) is 80.2 cm³/mol. The van der Waals surface area contributed by atoms with Crippen LogP contribution in [0.5, 0.6) is 0 Å². The van der Waals surface area contributed by atoms with Crippen LogP contribution in [0.4, 0.5) is 15.3 Å². The van der Waals surface area contributed by atoms with E-state index in [1.54, 1.807) is 4.90 Å². The molecule has 0 atom stereocenters. The Morgan fingerprint density at radius 1 is 1.38 bits per heavy atom. The van der Waals surface area contributed by atoms with Gasteiger partial charge in [0.15, 0.2) is 0 Å². The standard InChI is InChI=1S/C15H21N3O3/c1-11(2)9-16-14(19)17-10-12-4-3-5-13(8-12)18-6-7-21-15(18)20/h3-5,8,11H,6-7,9-10H2,1-2H3,(H2,16,17,19). The molecule has 1 aromatic carbocycles. The first-order valence-corrected chi connectivity index (χ1v) is 7.11. The Bertz CT molecular complexity index is 517. The smallest absolute Gasteiger partial charge is 0.414 e. The lowest BCUT2D eigenvalue weighted by molar-refractivity contribution is 0.181. The molecule has 6 nitrogen and oxygen atoms in total. The Hall–Kier alpha value is -2.24. The molecule has 0 spiro atoms. The zero-order valence-electron chi connectivity index (χ0n) is 12.4. The summed E-state index contributed by atoms with van der Waals surface area (Å²) in [5.41, 5.74) is 1.73. The molecule has 1 aromatic rings. The van der Waals surface area contributed by atoms with Crippen molar-refractivity contribution in [3.8, 4) is 0 Å². The molecular formula is C15H21N3O3. The fourth-order valence-electron chi connectivity index (χ4n) is 2.00. The Kier molecular flexibility index (Phi) is 5.03. The molecule has 0 radical (unpaired) electrons. The van der Waals surface area contributed by atoms with Gasteiger partial charge in [-0.05, 0) is 23.6 Å². The minimum Gasteiger partial charge on any atom is -0.447 e. The maximum absolute atomic E-state index is 11.6. The number of amides is 3. The van der Waals surface area contributed by atoms with Crippen LogP contribution >= 0.6 is 0 Å². The van der Waals surface area contributed by atoms with Gasteiger partial charge in [0.2, 0.25) is 0 Å². The minimum absolute atomic E-state index is 0.185. The number of anilines is 1. The van der Waals surface area contributed by atoms with Crippen LogP contribution in [0.1, 0.15) is 19.4 Å². The van der Waals surface area contributed by atoms with Crippen LogP contribution in [-0.4, -0.2) is 31.8 Å². The van der Waals surface area contributed by atoms with E-state index in [0.29, 0.717) is 32.2 Å². The molecule has 0 aliphatic carbocycles. The maximum Gasteiger partial charge on any atom is 0.414 e. The van der Waals surface area contributed by atoms with Crippen LogP contribution in [0, 0.1) is 5.92 Å². The van der Waals surface area contributed by atoms with E-state index in [1.165, 1.54) is 0 Å². The zero-order chi connectivity index (χ0) is 15.2. The summed E-state index contributed by atoms with van der Waals surface area (Å²) in [6, 6.07) is 7.33. The van der Waals surface area contributed by atoms with Gasteiger partial charge in [-0.1, -0.05) is 26.0 Å². The van der Waals surface area contributed by atoms with Gasteiger partial charge in [-0.25, -0.2) is 9.59 Å². The zero-order valence-corrected chi connectivity index (χ0v) is 12.4. The van der Waals surface area contributed by atoms with E-state index < -0.39 is 0 Å². The molecule has 1 aliphatic rings. The van der Waals surface area contributed by atoms with Crippen molar-refractivity contribution in [2.24, 2.45) is 5.92 Å². The van der Waals surface area contributed by atoms with Crippen LogP contribution in [0.3, 0.4) is 0 Å². The Morgan fingerprint density at radius 3 is 2.86 bits per heavy atom. The highest BCUT2D eigenvalue weighted by atomic mass is 16.6. The van der Waals surface area contributed by atoms with E-state index in [4.69, 9.17) is 4.74 Å². The topological polar surface area (TPSA) is 70.7 Å². The molecule has 1 heterocycles. The predicted octanol–water partition coefficient (Wildman–Crippen LogP) is 2.10. The number of carbonyl (C=O) groups excluding carboxylic acids is 2. The summed E-state index contributed by atoms with van der Waals surface area (Å²) >= 11 is 0. The van der Waals surface area contributed by atoms with Gasteiger partial charge in [0.25, 0.3) is 0 Å². The van der Waals surface area contributed by atoms with Gasteiger partial charge in [-0.3, -0.25) is 4.90 Å². The molecule has 0 aromatic heterocycles. The number of rotatable bonds is 5. The number of hydrogen-bond donors (Lipinski definition) is 2. The summed E-state index contributed by atoms with van der Waals surface area (Å²) in [7, 11) is 0. The highest BCUT2D eigenvalue weighted by Gasteiger charge is 2.23. The highest BCUT2D eigenvalue weighted by molar-refractivity contribution is 5.89. The second kappa shape index (κ2) is 6.97. The summed E-state index contributed by atoms with van der Waals surface area (Å²) in [4.78, 5) is 24.7. The van der Waals surface area contributed by atoms with Crippen molar-refractivity contribution in [3.63, 3.8) is 0 Å². The number of benzene rings is 1. The van der Waals surface area contributed by atoms with E-state index in [0.717, 1.165) is 11.3 Å². The first-order chi connectivity index (χ1) is 10.1. The van der Waals surface area contributed by atoms with E-state index >= 15 is 0 Å². The van der Waals surface area contributed by atoms with Crippen molar-refractivity contribution in [3.05, 3.63) is 29.8 Å². The highest BCUT2D eigenvalue weighted by Crippen LogP contribution is 2.19. The molecule has 1 saturated heterocycles. The van der Waals surface area contributed by atoms with E-state index in [-0.39, 0.29) is 12.1 Å². The first-order valence-electron chi connectivity index (χ1n) is 7.11. The lowest BCUT2D eigenvalue weighted by Gasteiger charge is -2.14. The number of nitrogens with one attached hydrogen (secondary N) is 2. The second-order valence-electron chi connectivity index (χ2n) is 5.39. The minimum atomic E-state index is -0.324. The first kappa shape index (κ1) is 15.2. The number of nitrogens with zero attached hydrogens (tertiary/aromatic N) is 1. The molecule has 0 unspecified atom stereocenters. The van der Waals surface area contributed by atoms with Crippen molar-refractivity contribution in [1.82, 2.24) is 10.6 Å². The lowest BCUT2D eigenvalue weighted by Crippen LogP contribution is -2.37. The molecule has 3 amide bonds. The van der Waals surface area contributed by atoms with Gasteiger partial charge in [0.1, 0.15) is 6.61 Å². The van der Waals surface area contributed by atoms with Gasteiger partial charge >= 0.3 is 12.1 Å². The average molecular weight is 291 g/mol. The third-order valence-corrected chi connectivity index (χ3v) is 3.11. The molecular weight excluding hydrogens is 270 g/mol. The Labute approximate surface area is 124 Å². The fraction of sp³-hybridized carbons (Fsp3) is 0.467. The van der Waals surface area contributed by atoms with E-state index in [9.17, 15) is 9.59 Å². The Morgan fingerprint density at radius 2 is 2.19 bits per heavy atom. The SMILES string of the molecule is CC(C)CNC(=O)NCc1cccc(N2CCOC2=O)c1. The fourth-order valence-corrected chi connectivity index (χ4v) is 2.00. The van der Waals surface area contributed by atoms with Crippen LogP contribution < -0.4 is 15.5 Å². The van der Waals surface area contributed by atoms with Crippen LogP contribution in [0.25, 0.3) is 0 Å². The number of urea groups is 1. The molecule has 0 saturated carbocycles. The molecule has 2 rings (SSSR count). The van der Waals surface area contributed by atoms with Crippen molar-refractivity contribution in [2.45, 2.75) is 20.4 Å². The molecule has 0 bridgehead atoms. The molecule has 6 heteroatoms. The maximum atomic E-state index is 11.6. The Balaban J connectivity index is 1.89. The molecule has 21 heavy (non-hydrogen) atoms. The van der Waals surface area contributed by atoms with Gasteiger partial charge in [0.05, 0.1) is 6.54 Å². The van der Waals surface area contributed by atoms with E-state index in [1.807, 2.05) is 38.1 Å². The summed E-state index contributed by atoms with van der Waals surface area (Å²) in [6.07, 6.45) is -0.324. The summed E-state index contributed by atoms with van der Waals surface area (Å²) in [6.45, 7) is 6.12. The summed E-state index contributed by atoms with van der Waals surface area (Å²) < 4.78 is 4.92. The number of ether oxygens (including phenoxy) is 1. The molecule has 2 N–H and O–H groups in total. The second-order valence-corrected chi connectivity index (χ2v) is 5.39. The number of hydrogen-bond acceptors (Lipinski definition) is 3. The van der Waals surface area contributed by atoms with Crippen LogP contribution in [0.15, 0.2) is 24.3 Å².